The van der Waals surface area contributed by atoms with Gasteiger partial charge in [-0.1, -0.05) is 23.8 Å². The Hall–Kier alpha value is -2.43. The lowest BCUT2D eigenvalue weighted by Crippen LogP contribution is -2.09. The Balaban J connectivity index is 2.13. The molecule has 1 aromatic carbocycles. The van der Waals surface area contributed by atoms with Crippen molar-refractivity contribution in [2.24, 2.45) is 0 Å². The standard InChI is InChI=1S/C14H15N3O2/c1-10-3-2-4-11(9-10)14-16-7-5-12(17-14)15-8-6-13(18)19/h2-5,7,9H,6,8H2,1H3,(H,18,19)(H,15,16,17). The first-order chi connectivity index (χ1) is 9.15. The quantitative estimate of drug-likeness (QED) is 0.859. The Morgan fingerprint density at radius 3 is 2.95 bits per heavy atom. The molecular formula is C14H15N3O2. The summed E-state index contributed by atoms with van der Waals surface area (Å²) in [5.74, 6) is 0.428. The van der Waals surface area contributed by atoms with Gasteiger partial charge in [0.05, 0.1) is 6.42 Å². The summed E-state index contributed by atoms with van der Waals surface area (Å²) in [5, 5.41) is 11.6. The number of aliphatic carboxylic acids is 1. The van der Waals surface area contributed by atoms with Crippen LogP contribution in [0.25, 0.3) is 11.4 Å². The van der Waals surface area contributed by atoms with E-state index in [2.05, 4.69) is 15.3 Å². The Morgan fingerprint density at radius 2 is 2.21 bits per heavy atom. The van der Waals surface area contributed by atoms with E-state index < -0.39 is 5.97 Å². The van der Waals surface area contributed by atoms with E-state index in [-0.39, 0.29) is 6.42 Å². The Bertz CT molecular complexity index is 584. The molecular weight excluding hydrogens is 242 g/mol. The van der Waals surface area contributed by atoms with Gasteiger partial charge in [0.1, 0.15) is 5.82 Å². The van der Waals surface area contributed by atoms with Crippen LogP contribution in [-0.2, 0) is 4.79 Å². The number of rotatable bonds is 5. The van der Waals surface area contributed by atoms with Gasteiger partial charge in [-0.05, 0) is 19.1 Å². The lowest BCUT2D eigenvalue weighted by molar-refractivity contribution is -0.136. The number of nitrogens with zero attached hydrogens (tertiary/aromatic N) is 2. The summed E-state index contributed by atoms with van der Waals surface area (Å²) < 4.78 is 0. The van der Waals surface area contributed by atoms with Crippen LogP contribution in [0.15, 0.2) is 36.5 Å². The van der Waals surface area contributed by atoms with Gasteiger partial charge in [0.2, 0.25) is 0 Å². The minimum Gasteiger partial charge on any atom is -0.481 e. The van der Waals surface area contributed by atoms with Gasteiger partial charge in [0, 0.05) is 18.3 Å². The number of hydrogen-bond acceptors (Lipinski definition) is 4. The van der Waals surface area contributed by atoms with E-state index in [0.29, 0.717) is 18.2 Å². The molecule has 1 aromatic heterocycles. The van der Waals surface area contributed by atoms with Gasteiger partial charge in [-0.25, -0.2) is 9.97 Å². The van der Waals surface area contributed by atoms with E-state index in [1.54, 1.807) is 12.3 Å². The summed E-state index contributed by atoms with van der Waals surface area (Å²) in [7, 11) is 0. The fraction of sp³-hybridized carbons (Fsp3) is 0.214. The topological polar surface area (TPSA) is 75.1 Å². The molecule has 0 aliphatic rings. The summed E-state index contributed by atoms with van der Waals surface area (Å²) in [5.41, 5.74) is 2.09. The van der Waals surface area contributed by atoms with Crippen LogP contribution in [0.3, 0.4) is 0 Å². The minimum absolute atomic E-state index is 0.0593. The number of hydrogen-bond donors (Lipinski definition) is 2. The molecule has 5 heteroatoms. The predicted octanol–water partition coefficient (Wildman–Crippen LogP) is 2.34. The molecule has 2 N–H and O–H groups in total. The van der Waals surface area contributed by atoms with E-state index in [0.717, 1.165) is 11.1 Å². The molecule has 0 aliphatic heterocycles. The van der Waals surface area contributed by atoms with E-state index >= 15 is 0 Å². The summed E-state index contributed by atoms with van der Waals surface area (Å²) in [6, 6.07) is 9.65. The number of carboxylic acids is 1. The third kappa shape index (κ3) is 3.77. The fourth-order valence-corrected chi connectivity index (χ4v) is 1.68. The first kappa shape index (κ1) is 13.0. The van der Waals surface area contributed by atoms with Gasteiger partial charge in [0.15, 0.2) is 5.82 Å². The number of aromatic nitrogens is 2. The number of aryl methyl sites for hydroxylation is 1. The number of anilines is 1. The molecule has 1 heterocycles. The molecule has 0 atom stereocenters. The largest absolute Gasteiger partial charge is 0.481 e. The zero-order valence-corrected chi connectivity index (χ0v) is 10.6. The Labute approximate surface area is 111 Å². The van der Waals surface area contributed by atoms with Crippen LogP contribution < -0.4 is 5.32 Å². The van der Waals surface area contributed by atoms with Crippen molar-refractivity contribution in [3.05, 3.63) is 42.1 Å². The first-order valence-electron chi connectivity index (χ1n) is 6.01. The van der Waals surface area contributed by atoms with E-state index in [9.17, 15) is 4.79 Å². The van der Waals surface area contributed by atoms with Crippen LogP contribution in [0, 0.1) is 6.92 Å². The van der Waals surface area contributed by atoms with Crippen molar-refractivity contribution in [2.75, 3.05) is 11.9 Å². The highest BCUT2D eigenvalue weighted by atomic mass is 16.4. The molecule has 2 aromatic rings. The van der Waals surface area contributed by atoms with E-state index in [4.69, 9.17) is 5.11 Å². The predicted molar refractivity (Wildman–Crippen MR) is 72.9 cm³/mol. The van der Waals surface area contributed by atoms with E-state index in [1.165, 1.54) is 0 Å². The molecule has 0 saturated heterocycles. The van der Waals surface area contributed by atoms with Crippen molar-refractivity contribution in [1.82, 2.24) is 9.97 Å². The van der Waals surface area contributed by atoms with Gasteiger partial charge in [-0.15, -0.1) is 0 Å². The van der Waals surface area contributed by atoms with Gasteiger partial charge >= 0.3 is 5.97 Å². The van der Waals surface area contributed by atoms with Crippen molar-refractivity contribution in [3.63, 3.8) is 0 Å². The second kappa shape index (κ2) is 5.95. The van der Waals surface area contributed by atoms with Crippen molar-refractivity contribution in [1.29, 1.82) is 0 Å². The lowest BCUT2D eigenvalue weighted by atomic mass is 10.1. The zero-order chi connectivity index (χ0) is 13.7. The molecule has 0 aliphatic carbocycles. The summed E-state index contributed by atoms with van der Waals surface area (Å²) >= 11 is 0. The average Bonchev–Trinajstić information content (AvgIpc) is 2.39. The van der Waals surface area contributed by atoms with Gasteiger partial charge < -0.3 is 10.4 Å². The third-order valence-corrected chi connectivity index (χ3v) is 2.58. The van der Waals surface area contributed by atoms with Crippen molar-refractivity contribution >= 4 is 11.8 Å². The molecule has 0 fully saturated rings. The molecule has 0 amide bonds. The Morgan fingerprint density at radius 1 is 1.37 bits per heavy atom. The van der Waals surface area contributed by atoms with Crippen LogP contribution in [0.4, 0.5) is 5.82 Å². The van der Waals surface area contributed by atoms with Crippen LogP contribution in [0.1, 0.15) is 12.0 Å². The average molecular weight is 257 g/mol. The smallest absolute Gasteiger partial charge is 0.305 e. The van der Waals surface area contributed by atoms with Crippen molar-refractivity contribution in [2.45, 2.75) is 13.3 Å². The molecule has 0 saturated carbocycles. The molecule has 0 unspecified atom stereocenters. The molecule has 19 heavy (non-hydrogen) atoms. The van der Waals surface area contributed by atoms with Gasteiger partial charge in [-0.2, -0.15) is 0 Å². The van der Waals surface area contributed by atoms with Crippen LogP contribution in [-0.4, -0.2) is 27.6 Å². The fourth-order valence-electron chi connectivity index (χ4n) is 1.68. The summed E-state index contributed by atoms with van der Waals surface area (Å²) in [6.07, 6.45) is 1.72. The van der Waals surface area contributed by atoms with Crippen LogP contribution in [0.5, 0.6) is 0 Å². The third-order valence-electron chi connectivity index (χ3n) is 2.58. The van der Waals surface area contributed by atoms with Crippen LogP contribution >= 0.6 is 0 Å². The lowest BCUT2D eigenvalue weighted by Gasteiger charge is -2.06. The first-order valence-corrected chi connectivity index (χ1v) is 6.01. The monoisotopic (exact) mass is 257 g/mol. The van der Waals surface area contributed by atoms with E-state index in [1.807, 2.05) is 31.2 Å². The SMILES string of the molecule is Cc1cccc(-c2nccc(NCCC(=O)O)n2)c1. The highest BCUT2D eigenvalue weighted by molar-refractivity contribution is 5.67. The second-order valence-corrected chi connectivity index (χ2v) is 4.21. The highest BCUT2D eigenvalue weighted by Gasteiger charge is 2.03. The van der Waals surface area contributed by atoms with Crippen molar-refractivity contribution < 1.29 is 9.90 Å². The van der Waals surface area contributed by atoms with Gasteiger partial charge in [0.25, 0.3) is 0 Å². The normalized spacial score (nSPS) is 10.2. The maximum Gasteiger partial charge on any atom is 0.305 e. The zero-order valence-electron chi connectivity index (χ0n) is 10.6. The maximum atomic E-state index is 10.4. The molecule has 98 valence electrons. The number of nitrogens with one attached hydrogen (secondary N) is 1. The molecule has 2 rings (SSSR count). The summed E-state index contributed by atoms with van der Waals surface area (Å²) in [6.45, 7) is 2.36. The molecule has 0 radical (unpaired) electrons. The number of benzene rings is 1. The Kier molecular flexibility index (Phi) is 4.07. The van der Waals surface area contributed by atoms with Crippen LogP contribution in [0.2, 0.25) is 0 Å². The van der Waals surface area contributed by atoms with Crippen molar-refractivity contribution in [3.8, 4) is 11.4 Å². The minimum atomic E-state index is -0.833. The molecule has 5 nitrogen and oxygen atoms in total. The molecule has 0 spiro atoms. The van der Waals surface area contributed by atoms with Gasteiger partial charge in [-0.3, -0.25) is 4.79 Å². The highest BCUT2D eigenvalue weighted by Crippen LogP contribution is 2.17. The summed E-state index contributed by atoms with van der Waals surface area (Å²) in [4.78, 5) is 19.0. The molecule has 0 bridgehead atoms. The number of carbonyl (C=O) groups is 1. The maximum absolute atomic E-state index is 10.4. The number of carboxylic acid groups (broad SMARTS) is 1. The second-order valence-electron chi connectivity index (χ2n) is 4.21.